The van der Waals surface area contributed by atoms with Crippen LogP contribution in [0.3, 0.4) is 0 Å². The van der Waals surface area contributed by atoms with Gasteiger partial charge >= 0.3 is 12.1 Å². The molecule has 0 aromatic carbocycles. The Morgan fingerprint density at radius 3 is 2.32 bits per heavy atom. The molecule has 0 atom stereocenters. The number of carbonyl (C=O) groups is 2. The van der Waals surface area contributed by atoms with Gasteiger partial charge in [0.25, 0.3) is 0 Å². The molecule has 1 heterocycles. The van der Waals surface area contributed by atoms with E-state index in [0.29, 0.717) is 19.8 Å². The zero-order valence-electron chi connectivity index (χ0n) is 13.9. The van der Waals surface area contributed by atoms with Crippen molar-refractivity contribution < 1.29 is 28.9 Å². The van der Waals surface area contributed by atoms with Gasteiger partial charge in [0.2, 0.25) is 0 Å². The molecule has 0 unspecified atom stereocenters. The molecular formula is C15H27NO6. The molecule has 0 radical (unpaired) electrons. The standard InChI is InChI=1S/C15H27NO6/c1-5-6-20-7-8-21-15(9-12(17)18)10-16(11-15)13(19)22-14(2,3)4/h5-11H2,1-4H3,(H,17,18). The van der Waals surface area contributed by atoms with Gasteiger partial charge in [-0.1, -0.05) is 6.92 Å². The van der Waals surface area contributed by atoms with Crippen LogP contribution in [-0.2, 0) is 19.0 Å². The predicted molar refractivity (Wildman–Crippen MR) is 79.9 cm³/mol. The molecule has 0 aromatic heterocycles. The number of carboxylic acid groups (broad SMARTS) is 1. The minimum Gasteiger partial charge on any atom is -0.481 e. The summed E-state index contributed by atoms with van der Waals surface area (Å²) in [5.74, 6) is -0.946. The number of ether oxygens (including phenoxy) is 3. The second-order valence-corrected chi connectivity index (χ2v) is 6.55. The normalized spacial score (nSPS) is 17.0. The van der Waals surface area contributed by atoms with E-state index in [9.17, 15) is 9.59 Å². The van der Waals surface area contributed by atoms with Gasteiger partial charge in [0.15, 0.2) is 0 Å². The van der Waals surface area contributed by atoms with Crippen molar-refractivity contribution in [3.05, 3.63) is 0 Å². The van der Waals surface area contributed by atoms with Crippen LogP contribution in [0.25, 0.3) is 0 Å². The summed E-state index contributed by atoms with van der Waals surface area (Å²) in [6.45, 7) is 9.21. The summed E-state index contributed by atoms with van der Waals surface area (Å²) in [5, 5.41) is 9.02. The smallest absolute Gasteiger partial charge is 0.410 e. The van der Waals surface area contributed by atoms with Gasteiger partial charge in [0, 0.05) is 6.61 Å². The van der Waals surface area contributed by atoms with Crippen LogP contribution >= 0.6 is 0 Å². The van der Waals surface area contributed by atoms with E-state index in [1.165, 1.54) is 4.90 Å². The zero-order chi connectivity index (χ0) is 16.8. The van der Waals surface area contributed by atoms with Crippen molar-refractivity contribution in [2.75, 3.05) is 32.9 Å². The average Bonchev–Trinajstić information content (AvgIpc) is 2.31. The largest absolute Gasteiger partial charge is 0.481 e. The number of carboxylic acids is 1. The maximum Gasteiger partial charge on any atom is 0.410 e. The summed E-state index contributed by atoms with van der Waals surface area (Å²) < 4.78 is 16.2. The van der Waals surface area contributed by atoms with Gasteiger partial charge < -0.3 is 24.2 Å². The molecule has 1 aliphatic heterocycles. The van der Waals surface area contributed by atoms with Crippen LogP contribution in [0, 0.1) is 0 Å². The van der Waals surface area contributed by atoms with Crippen molar-refractivity contribution in [1.29, 1.82) is 0 Å². The number of likely N-dealkylation sites (tertiary alicyclic amines) is 1. The van der Waals surface area contributed by atoms with Gasteiger partial charge in [-0.05, 0) is 27.2 Å². The van der Waals surface area contributed by atoms with Crippen LogP contribution in [0.15, 0.2) is 0 Å². The number of amides is 1. The minimum atomic E-state index is -0.946. The minimum absolute atomic E-state index is 0.139. The van der Waals surface area contributed by atoms with E-state index in [-0.39, 0.29) is 19.5 Å². The molecule has 7 heteroatoms. The van der Waals surface area contributed by atoms with Gasteiger partial charge in [0.05, 0.1) is 32.7 Å². The fourth-order valence-corrected chi connectivity index (χ4v) is 2.20. The van der Waals surface area contributed by atoms with Crippen LogP contribution < -0.4 is 0 Å². The number of carbonyl (C=O) groups excluding carboxylic acids is 1. The highest BCUT2D eigenvalue weighted by atomic mass is 16.6. The van der Waals surface area contributed by atoms with E-state index in [0.717, 1.165) is 6.42 Å². The summed E-state index contributed by atoms with van der Waals surface area (Å²) in [6.07, 6.45) is 0.339. The van der Waals surface area contributed by atoms with Crippen molar-refractivity contribution in [1.82, 2.24) is 4.90 Å². The Hall–Kier alpha value is -1.34. The first-order valence-corrected chi connectivity index (χ1v) is 7.59. The third-order valence-corrected chi connectivity index (χ3v) is 3.07. The Labute approximate surface area is 131 Å². The van der Waals surface area contributed by atoms with Crippen molar-refractivity contribution in [3.63, 3.8) is 0 Å². The predicted octanol–water partition coefficient (Wildman–Crippen LogP) is 1.89. The summed E-state index contributed by atoms with van der Waals surface area (Å²) >= 11 is 0. The molecule has 0 bridgehead atoms. The number of rotatable bonds is 8. The summed E-state index contributed by atoms with van der Waals surface area (Å²) in [6, 6.07) is 0. The van der Waals surface area contributed by atoms with E-state index >= 15 is 0 Å². The topological polar surface area (TPSA) is 85.3 Å². The number of aliphatic carboxylic acids is 1. The highest BCUT2D eigenvalue weighted by molar-refractivity contribution is 5.72. The number of hydrogen-bond donors (Lipinski definition) is 1. The first kappa shape index (κ1) is 18.7. The lowest BCUT2D eigenvalue weighted by Gasteiger charge is -2.48. The monoisotopic (exact) mass is 317 g/mol. The molecule has 1 amide bonds. The van der Waals surface area contributed by atoms with Crippen molar-refractivity contribution in [2.24, 2.45) is 0 Å². The fraction of sp³-hybridized carbons (Fsp3) is 0.867. The molecule has 0 spiro atoms. The van der Waals surface area contributed by atoms with Crippen molar-refractivity contribution >= 4 is 12.1 Å². The Balaban J connectivity index is 2.45. The maximum atomic E-state index is 11.9. The molecule has 1 saturated heterocycles. The van der Waals surface area contributed by atoms with Gasteiger partial charge in [0.1, 0.15) is 11.2 Å². The summed E-state index contributed by atoms with van der Waals surface area (Å²) in [4.78, 5) is 24.4. The molecule has 22 heavy (non-hydrogen) atoms. The molecule has 0 aliphatic carbocycles. The van der Waals surface area contributed by atoms with E-state index in [4.69, 9.17) is 19.3 Å². The summed E-state index contributed by atoms with van der Waals surface area (Å²) in [5.41, 5.74) is -1.41. The Kier molecular flexibility index (Phi) is 6.62. The molecule has 1 N–H and O–H groups in total. The fourth-order valence-electron chi connectivity index (χ4n) is 2.20. The van der Waals surface area contributed by atoms with Crippen LogP contribution in [0.4, 0.5) is 4.79 Å². The van der Waals surface area contributed by atoms with Crippen molar-refractivity contribution in [2.45, 2.75) is 51.7 Å². The third kappa shape index (κ3) is 6.19. The highest BCUT2D eigenvalue weighted by Crippen LogP contribution is 2.30. The molecule has 0 aromatic rings. The van der Waals surface area contributed by atoms with Crippen LogP contribution in [-0.4, -0.2) is 66.2 Å². The lowest BCUT2D eigenvalue weighted by molar-refractivity contribution is -0.170. The first-order valence-electron chi connectivity index (χ1n) is 7.59. The van der Waals surface area contributed by atoms with E-state index < -0.39 is 23.3 Å². The molecular weight excluding hydrogens is 290 g/mol. The number of nitrogens with zero attached hydrogens (tertiary/aromatic N) is 1. The van der Waals surface area contributed by atoms with Gasteiger partial charge in [-0.2, -0.15) is 0 Å². The summed E-state index contributed by atoms with van der Waals surface area (Å²) in [7, 11) is 0. The molecule has 7 nitrogen and oxygen atoms in total. The molecule has 1 rings (SSSR count). The molecule has 128 valence electrons. The molecule has 1 aliphatic rings. The van der Waals surface area contributed by atoms with Crippen LogP contribution in [0.2, 0.25) is 0 Å². The van der Waals surface area contributed by atoms with Crippen LogP contribution in [0.1, 0.15) is 40.5 Å². The Morgan fingerprint density at radius 1 is 1.18 bits per heavy atom. The van der Waals surface area contributed by atoms with Gasteiger partial charge in [-0.15, -0.1) is 0 Å². The highest BCUT2D eigenvalue weighted by Gasteiger charge is 2.49. The molecule has 1 fully saturated rings. The van der Waals surface area contributed by atoms with Gasteiger partial charge in [-0.3, -0.25) is 4.79 Å². The second kappa shape index (κ2) is 7.78. The lowest BCUT2D eigenvalue weighted by atomic mass is 9.90. The Morgan fingerprint density at radius 2 is 1.82 bits per heavy atom. The average molecular weight is 317 g/mol. The Bertz CT molecular complexity index is 384. The SMILES string of the molecule is CCCOCCOC1(CC(=O)O)CN(C(=O)OC(C)(C)C)C1. The molecule has 0 saturated carbocycles. The second-order valence-electron chi connectivity index (χ2n) is 6.55. The first-order chi connectivity index (χ1) is 10.2. The van der Waals surface area contributed by atoms with Crippen molar-refractivity contribution in [3.8, 4) is 0 Å². The van der Waals surface area contributed by atoms with E-state index in [1.807, 2.05) is 6.92 Å². The third-order valence-electron chi connectivity index (χ3n) is 3.07. The lowest BCUT2D eigenvalue weighted by Crippen LogP contribution is -2.66. The van der Waals surface area contributed by atoms with Crippen LogP contribution in [0.5, 0.6) is 0 Å². The van der Waals surface area contributed by atoms with Gasteiger partial charge in [-0.25, -0.2) is 4.79 Å². The maximum absolute atomic E-state index is 11.9. The number of hydrogen-bond acceptors (Lipinski definition) is 5. The van der Waals surface area contributed by atoms with E-state index in [2.05, 4.69) is 0 Å². The quantitative estimate of drug-likeness (QED) is 0.688. The zero-order valence-corrected chi connectivity index (χ0v) is 13.9. The van der Waals surface area contributed by atoms with E-state index in [1.54, 1.807) is 20.8 Å².